The van der Waals surface area contributed by atoms with Crippen LogP contribution in [0, 0.1) is 5.92 Å². The van der Waals surface area contributed by atoms with Crippen molar-refractivity contribution < 1.29 is 17.9 Å². The molecule has 1 saturated carbocycles. The minimum Gasteiger partial charge on any atom is -0.493 e. The zero-order chi connectivity index (χ0) is 21.4. The van der Waals surface area contributed by atoms with Crippen LogP contribution in [0.1, 0.15) is 38.2 Å². The molecule has 1 unspecified atom stereocenters. The number of guanidine groups is 1. The van der Waals surface area contributed by atoms with E-state index in [4.69, 9.17) is 4.74 Å². The fraction of sp³-hybridized carbons (Fsp3) is 0.619. The molecule has 1 atom stereocenters. The van der Waals surface area contributed by atoms with Crippen LogP contribution in [0.5, 0.6) is 5.75 Å². The molecule has 1 saturated heterocycles. The first-order chi connectivity index (χ1) is 14.4. The molecule has 1 heterocycles. The minimum absolute atomic E-state index is 0.0402. The lowest BCUT2D eigenvalue weighted by Crippen LogP contribution is -2.41. The molecule has 3 N–H and O–H groups in total. The second-order valence-corrected chi connectivity index (χ2v) is 10.1. The van der Waals surface area contributed by atoms with Crippen molar-refractivity contribution in [3.63, 3.8) is 0 Å². The van der Waals surface area contributed by atoms with Crippen molar-refractivity contribution in [1.82, 2.24) is 16.0 Å². The molecule has 1 aliphatic carbocycles. The van der Waals surface area contributed by atoms with Crippen molar-refractivity contribution in [3.8, 4) is 5.75 Å². The predicted molar refractivity (Wildman–Crippen MR) is 117 cm³/mol. The number of sulfone groups is 1. The summed E-state index contributed by atoms with van der Waals surface area (Å²) in [6.45, 7) is 4.34. The van der Waals surface area contributed by atoms with Gasteiger partial charge in [-0.2, -0.15) is 0 Å². The first kappa shape index (κ1) is 22.4. The van der Waals surface area contributed by atoms with Crippen molar-refractivity contribution in [3.05, 3.63) is 29.8 Å². The van der Waals surface area contributed by atoms with Gasteiger partial charge in [-0.25, -0.2) is 13.4 Å². The van der Waals surface area contributed by atoms with Crippen LogP contribution < -0.4 is 20.7 Å². The Labute approximate surface area is 178 Å². The van der Waals surface area contributed by atoms with Crippen LogP contribution in [0.15, 0.2) is 29.3 Å². The second-order valence-electron chi connectivity index (χ2n) is 7.90. The Morgan fingerprint density at radius 2 is 2.00 bits per heavy atom. The van der Waals surface area contributed by atoms with E-state index >= 15 is 0 Å². The SMILES string of the molecule is CCNC(=NCc1ccccc1OCC1CC1)NCCC(=O)NC1CCS(=O)(=O)C1. The summed E-state index contributed by atoms with van der Waals surface area (Å²) in [4.78, 5) is 16.7. The normalized spacial score (nSPS) is 20.6. The lowest BCUT2D eigenvalue weighted by Gasteiger charge is -2.14. The van der Waals surface area contributed by atoms with Crippen LogP contribution in [0.25, 0.3) is 0 Å². The van der Waals surface area contributed by atoms with Crippen molar-refractivity contribution in [2.75, 3.05) is 31.2 Å². The van der Waals surface area contributed by atoms with E-state index in [0.29, 0.717) is 37.9 Å². The lowest BCUT2D eigenvalue weighted by molar-refractivity contribution is -0.121. The van der Waals surface area contributed by atoms with Crippen LogP contribution in [-0.2, 0) is 21.2 Å². The Morgan fingerprint density at radius 3 is 2.70 bits per heavy atom. The van der Waals surface area contributed by atoms with Gasteiger partial charge in [-0.1, -0.05) is 18.2 Å². The summed E-state index contributed by atoms with van der Waals surface area (Å²) in [5.74, 6) is 2.23. The largest absolute Gasteiger partial charge is 0.493 e. The van der Waals surface area contributed by atoms with Gasteiger partial charge in [0, 0.05) is 31.1 Å². The summed E-state index contributed by atoms with van der Waals surface area (Å²) in [7, 11) is -3.00. The summed E-state index contributed by atoms with van der Waals surface area (Å²) >= 11 is 0. The Bertz CT molecular complexity index is 852. The fourth-order valence-corrected chi connectivity index (χ4v) is 4.95. The number of nitrogens with one attached hydrogen (secondary N) is 3. The molecule has 0 radical (unpaired) electrons. The van der Waals surface area contributed by atoms with Crippen LogP contribution in [0.3, 0.4) is 0 Å². The van der Waals surface area contributed by atoms with Gasteiger partial charge in [-0.3, -0.25) is 4.79 Å². The number of aliphatic imine (C=N–C) groups is 1. The van der Waals surface area contributed by atoms with Gasteiger partial charge in [-0.05, 0) is 38.2 Å². The third kappa shape index (κ3) is 7.51. The Kier molecular flexibility index (Phi) is 7.95. The average Bonchev–Trinajstić information content (AvgIpc) is 3.47. The van der Waals surface area contributed by atoms with Crippen molar-refractivity contribution >= 4 is 21.7 Å². The van der Waals surface area contributed by atoms with E-state index in [9.17, 15) is 13.2 Å². The quantitative estimate of drug-likeness (QED) is 0.376. The van der Waals surface area contributed by atoms with Crippen LogP contribution >= 0.6 is 0 Å². The topological polar surface area (TPSA) is 109 Å². The predicted octanol–water partition coefficient (Wildman–Crippen LogP) is 1.22. The molecule has 3 rings (SSSR count). The maximum Gasteiger partial charge on any atom is 0.222 e. The summed E-state index contributed by atoms with van der Waals surface area (Å²) < 4.78 is 28.9. The number of benzene rings is 1. The summed E-state index contributed by atoms with van der Waals surface area (Å²) in [6, 6.07) is 7.66. The van der Waals surface area contributed by atoms with Gasteiger partial charge < -0.3 is 20.7 Å². The van der Waals surface area contributed by atoms with Gasteiger partial charge >= 0.3 is 0 Å². The molecule has 0 spiro atoms. The van der Waals surface area contributed by atoms with E-state index in [0.717, 1.165) is 17.9 Å². The molecule has 1 aromatic rings. The number of carbonyl (C=O) groups excluding carboxylic acids is 1. The lowest BCUT2D eigenvalue weighted by atomic mass is 10.2. The molecule has 1 aliphatic heterocycles. The molecule has 2 aliphatic rings. The molecule has 30 heavy (non-hydrogen) atoms. The number of ether oxygens (including phenoxy) is 1. The first-order valence-electron chi connectivity index (χ1n) is 10.7. The van der Waals surface area contributed by atoms with Crippen molar-refractivity contribution in [1.29, 1.82) is 0 Å². The summed E-state index contributed by atoms with van der Waals surface area (Å²) in [5, 5.41) is 9.14. The molecule has 9 heteroatoms. The molecule has 1 aromatic carbocycles. The summed E-state index contributed by atoms with van der Waals surface area (Å²) in [6.07, 6.45) is 3.24. The van der Waals surface area contributed by atoms with E-state index in [1.54, 1.807) is 0 Å². The highest BCUT2D eigenvalue weighted by atomic mass is 32.2. The Morgan fingerprint density at radius 1 is 1.20 bits per heavy atom. The number of nitrogens with zero attached hydrogens (tertiary/aromatic N) is 1. The van der Waals surface area contributed by atoms with Gasteiger partial charge in [-0.15, -0.1) is 0 Å². The Balaban J connectivity index is 1.45. The molecule has 2 fully saturated rings. The standard InChI is InChI=1S/C21H32N4O4S/c1-2-22-21(23-11-9-20(26)25-18-10-12-30(27,28)15-18)24-13-17-5-3-4-6-19(17)29-14-16-7-8-16/h3-6,16,18H,2,7-15H2,1H3,(H,25,26)(H2,22,23,24). The van der Waals surface area contributed by atoms with Gasteiger partial charge in [0.25, 0.3) is 0 Å². The van der Waals surface area contributed by atoms with Crippen molar-refractivity contribution in [2.45, 2.75) is 45.2 Å². The Hall–Kier alpha value is -2.29. The smallest absolute Gasteiger partial charge is 0.222 e. The average molecular weight is 437 g/mol. The van der Waals surface area contributed by atoms with E-state index in [1.165, 1.54) is 12.8 Å². The van der Waals surface area contributed by atoms with Gasteiger partial charge in [0.05, 0.1) is 24.7 Å². The molecule has 0 bridgehead atoms. The molecule has 8 nitrogen and oxygen atoms in total. The minimum atomic E-state index is -3.00. The highest BCUT2D eigenvalue weighted by Crippen LogP contribution is 2.30. The highest BCUT2D eigenvalue weighted by Gasteiger charge is 2.28. The zero-order valence-electron chi connectivity index (χ0n) is 17.5. The van der Waals surface area contributed by atoms with E-state index < -0.39 is 9.84 Å². The van der Waals surface area contributed by atoms with Crippen LogP contribution in [0.4, 0.5) is 0 Å². The molecular formula is C21H32N4O4S. The number of hydrogen-bond donors (Lipinski definition) is 3. The molecule has 1 amide bonds. The fourth-order valence-electron chi connectivity index (χ4n) is 3.28. The van der Waals surface area contributed by atoms with Crippen LogP contribution in [0.2, 0.25) is 0 Å². The number of rotatable bonds is 10. The third-order valence-corrected chi connectivity index (χ3v) is 6.91. The number of para-hydroxylation sites is 1. The first-order valence-corrected chi connectivity index (χ1v) is 12.5. The number of carbonyl (C=O) groups is 1. The van der Waals surface area contributed by atoms with Crippen LogP contribution in [-0.4, -0.2) is 57.5 Å². The van der Waals surface area contributed by atoms with Gasteiger partial charge in [0.2, 0.25) is 5.91 Å². The summed E-state index contributed by atoms with van der Waals surface area (Å²) in [5.41, 5.74) is 1.02. The van der Waals surface area contributed by atoms with E-state index in [1.807, 2.05) is 31.2 Å². The van der Waals surface area contributed by atoms with Gasteiger partial charge in [0.1, 0.15) is 5.75 Å². The number of hydrogen-bond acceptors (Lipinski definition) is 5. The van der Waals surface area contributed by atoms with Crippen molar-refractivity contribution in [2.24, 2.45) is 10.9 Å². The number of amides is 1. The highest BCUT2D eigenvalue weighted by molar-refractivity contribution is 7.91. The molecule has 166 valence electrons. The zero-order valence-corrected chi connectivity index (χ0v) is 18.3. The van der Waals surface area contributed by atoms with E-state index in [-0.39, 0.29) is 29.9 Å². The maximum atomic E-state index is 12.1. The third-order valence-electron chi connectivity index (χ3n) is 5.14. The van der Waals surface area contributed by atoms with Gasteiger partial charge in [0.15, 0.2) is 15.8 Å². The molecular weight excluding hydrogens is 404 g/mol. The van der Waals surface area contributed by atoms with E-state index in [2.05, 4.69) is 20.9 Å². The maximum absolute atomic E-state index is 12.1. The monoisotopic (exact) mass is 436 g/mol. The second kappa shape index (κ2) is 10.7. The molecule has 0 aromatic heterocycles.